The van der Waals surface area contributed by atoms with E-state index in [1.54, 1.807) is 11.0 Å². The number of carboxylic acid groups (broad SMARTS) is 1. The van der Waals surface area contributed by atoms with Gasteiger partial charge in [-0.1, -0.05) is 0 Å². The first-order chi connectivity index (χ1) is 9.08. The molecule has 0 bridgehead atoms. The van der Waals surface area contributed by atoms with E-state index in [2.05, 4.69) is 5.32 Å². The van der Waals surface area contributed by atoms with E-state index < -0.39 is 5.97 Å². The fraction of sp³-hybridized carbons (Fsp3) is 0.385. The first-order valence-corrected chi connectivity index (χ1v) is 6.13. The normalized spacial score (nSPS) is 13.2. The molecular weight excluding hydrogens is 251 g/mol. The SMILES string of the molecule is O=C(O)CCCNC(=O)N1CCc2cc(F)ccc21. The molecule has 2 rings (SSSR count). The quantitative estimate of drug-likeness (QED) is 0.816. The lowest BCUT2D eigenvalue weighted by molar-refractivity contribution is -0.137. The Morgan fingerprint density at radius 3 is 2.95 bits per heavy atom. The largest absolute Gasteiger partial charge is 0.481 e. The number of halogens is 1. The fourth-order valence-corrected chi connectivity index (χ4v) is 2.11. The molecule has 0 unspecified atom stereocenters. The Bertz CT molecular complexity index is 505. The van der Waals surface area contributed by atoms with Crippen LogP contribution in [-0.2, 0) is 11.2 Å². The molecule has 19 heavy (non-hydrogen) atoms. The second-order valence-corrected chi connectivity index (χ2v) is 4.40. The van der Waals surface area contributed by atoms with Gasteiger partial charge in [-0.3, -0.25) is 9.69 Å². The monoisotopic (exact) mass is 266 g/mol. The highest BCUT2D eigenvalue weighted by molar-refractivity contribution is 5.94. The molecule has 0 radical (unpaired) electrons. The summed E-state index contributed by atoms with van der Waals surface area (Å²) < 4.78 is 13.0. The predicted octanol–water partition coefficient (Wildman–Crippen LogP) is 1.76. The van der Waals surface area contributed by atoms with Crippen molar-refractivity contribution < 1.29 is 19.1 Å². The average molecular weight is 266 g/mol. The molecule has 1 aliphatic heterocycles. The number of rotatable bonds is 4. The fourth-order valence-electron chi connectivity index (χ4n) is 2.11. The molecule has 5 nitrogen and oxygen atoms in total. The van der Waals surface area contributed by atoms with Gasteiger partial charge in [-0.15, -0.1) is 0 Å². The predicted molar refractivity (Wildman–Crippen MR) is 67.7 cm³/mol. The summed E-state index contributed by atoms with van der Waals surface area (Å²) in [5, 5.41) is 11.2. The molecule has 0 fully saturated rings. The third kappa shape index (κ3) is 3.21. The summed E-state index contributed by atoms with van der Waals surface area (Å²) in [5.41, 5.74) is 1.54. The lowest BCUT2D eigenvalue weighted by Gasteiger charge is -2.17. The summed E-state index contributed by atoms with van der Waals surface area (Å²) in [7, 11) is 0. The highest BCUT2D eigenvalue weighted by Crippen LogP contribution is 2.28. The molecule has 6 heteroatoms. The zero-order valence-corrected chi connectivity index (χ0v) is 10.4. The van der Waals surface area contributed by atoms with E-state index in [0.717, 1.165) is 11.3 Å². The van der Waals surface area contributed by atoms with Gasteiger partial charge in [0.05, 0.1) is 0 Å². The first-order valence-electron chi connectivity index (χ1n) is 6.13. The van der Waals surface area contributed by atoms with Gasteiger partial charge in [0.2, 0.25) is 0 Å². The first kappa shape index (κ1) is 13.3. The van der Waals surface area contributed by atoms with E-state index in [9.17, 15) is 14.0 Å². The summed E-state index contributed by atoms with van der Waals surface area (Å²) in [6, 6.07) is 4.09. The molecule has 0 saturated carbocycles. The third-order valence-corrected chi connectivity index (χ3v) is 3.03. The number of amides is 2. The zero-order valence-electron chi connectivity index (χ0n) is 10.4. The van der Waals surface area contributed by atoms with Crippen LogP contribution in [0.5, 0.6) is 0 Å². The van der Waals surface area contributed by atoms with Crippen molar-refractivity contribution in [2.75, 3.05) is 18.0 Å². The maximum Gasteiger partial charge on any atom is 0.321 e. The van der Waals surface area contributed by atoms with Gasteiger partial charge in [-0.2, -0.15) is 0 Å². The minimum atomic E-state index is -0.878. The average Bonchev–Trinajstić information content (AvgIpc) is 2.77. The van der Waals surface area contributed by atoms with Crippen molar-refractivity contribution in [2.45, 2.75) is 19.3 Å². The Balaban J connectivity index is 1.90. The molecule has 0 aromatic heterocycles. The maximum atomic E-state index is 13.0. The minimum Gasteiger partial charge on any atom is -0.481 e. The van der Waals surface area contributed by atoms with E-state index in [1.165, 1.54) is 12.1 Å². The number of hydrogen-bond acceptors (Lipinski definition) is 2. The molecule has 0 spiro atoms. The molecule has 102 valence electrons. The van der Waals surface area contributed by atoms with Crippen LogP contribution in [0.25, 0.3) is 0 Å². The summed E-state index contributed by atoms with van der Waals surface area (Å²) in [5.74, 6) is -1.18. The number of urea groups is 1. The lowest BCUT2D eigenvalue weighted by atomic mass is 10.2. The number of hydrogen-bond donors (Lipinski definition) is 2. The number of nitrogens with one attached hydrogen (secondary N) is 1. The van der Waals surface area contributed by atoms with Gasteiger partial charge in [-0.05, 0) is 36.6 Å². The molecule has 1 aromatic rings. The molecule has 2 N–H and O–H groups in total. The summed E-state index contributed by atoms with van der Waals surface area (Å²) in [6.07, 6.45) is 1.06. The van der Waals surface area contributed by atoms with Crippen LogP contribution in [0.1, 0.15) is 18.4 Å². The van der Waals surface area contributed by atoms with Crippen LogP contribution in [0.3, 0.4) is 0 Å². The number of carboxylic acids is 1. The van der Waals surface area contributed by atoms with E-state index in [-0.39, 0.29) is 18.3 Å². The van der Waals surface area contributed by atoms with Crippen LogP contribution < -0.4 is 10.2 Å². The summed E-state index contributed by atoms with van der Waals surface area (Å²) >= 11 is 0. The lowest BCUT2D eigenvalue weighted by Crippen LogP contribution is -2.39. The summed E-state index contributed by atoms with van der Waals surface area (Å²) in [4.78, 5) is 23.8. The Kier molecular flexibility index (Phi) is 3.99. The van der Waals surface area contributed by atoms with Crippen molar-refractivity contribution in [3.05, 3.63) is 29.6 Å². The van der Waals surface area contributed by atoms with E-state index in [0.29, 0.717) is 25.9 Å². The van der Waals surface area contributed by atoms with Gasteiger partial charge >= 0.3 is 12.0 Å². The van der Waals surface area contributed by atoms with E-state index >= 15 is 0 Å². The number of aliphatic carboxylic acids is 1. The Morgan fingerprint density at radius 1 is 1.42 bits per heavy atom. The van der Waals surface area contributed by atoms with Crippen LogP contribution in [0.2, 0.25) is 0 Å². The zero-order chi connectivity index (χ0) is 13.8. The summed E-state index contributed by atoms with van der Waals surface area (Å²) in [6.45, 7) is 0.835. The number of benzene rings is 1. The van der Waals surface area contributed by atoms with E-state index in [4.69, 9.17) is 5.11 Å². The Morgan fingerprint density at radius 2 is 2.21 bits per heavy atom. The topological polar surface area (TPSA) is 69.6 Å². The number of carbonyl (C=O) groups excluding carboxylic acids is 1. The van der Waals surface area contributed by atoms with Crippen molar-refractivity contribution in [2.24, 2.45) is 0 Å². The van der Waals surface area contributed by atoms with Gasteiger partial charge in [0.1, 0.15) is 5.82 Å². The van der Waals surface area contributed by atoms with Crippen molar-refractivity contribution in [1.82, 2.24) is 5.32 Å². The van der Waals surface area contributed by atoms with Crippen LogP contribution in [0.15, 0.2) is 18.2 Å². The van der Waals surface area contributed by atoms with Gasteiger partial charge < -0.3 is 10.4 Å². The smallest absolute Gasteiger partial charge is 0.321 e. The van der Waals surface area contributed by atoms with Gasteiger partial charge in [0.15, 0.2) is 0 Å². The molecule has 0 saturated heterocycles. The molecule has 1 aromatic carbocycles. The molecule has 1 aliphatic rings. The standard InChI is InChI=1S/C13H15FN2O3/c14-10-3-4-11-9(8-10)5-7-16(11)13(19)15-6-1-2-12(17)18/h3-4,8H,1-2,5-7H2,(H,15,19)(H,17,18). The number of anilines is 1. The van der Waals surface area contributed by atoms with Crippen LogP contribution in [0, 0.1) is 5.82 Å². The second-order valence-electron chi connectivity index (χ2n) is 4.40. The van der Waals surface area contributed by atoms with Crippen LogP contribution in [-0.4, -0.2) is 30.2 Å². The van der Waals surface area contributed by atoms with Crippen molar-refractivity contribution in [3.63, 3.8) is 0 Å². The van der Waals surface area contributed by atoms with Gasteiger partial charge in [0, 0.05) is 25.2 Å². The highest BCUT2D eigenvalue weighted by atomic mass is 19.1. The van der Waals surface area contributed by atoms with Crippen molar-refractivity contribution in [1.29, 1.82) is 0 Å². The molecular formula is C13H15FN2O3. The molecule has 0 aliphatic carbocycles. The van der Waals surface area contributed by atoms with E-state index in [1.807, 2.05) is 0 Å². The van der Waals surface area contributed by atoms with Crippen molar-refractivity contribution in [3.8, 4) is 0 Å². The Labute approximate surface area is 110 Å². The van der Waals surface area contributed by atoms with Crippen molar-refractivity contribution >= 4 is 17.7 Å². The van der Waals surface area contributed by atoms with Gasteiger partial charge in [-0.25, -0.2) is 9.18 Å². The second kappa shape index (κ2) is 5.69. The number of nitrogens with zero attached hydrogens (tertiary/aromatic N) is 1. The maximum absolute atomic E-state index is 13.0. The molecule has 0 atom stereocenters. The molecule has 1 heterocycles. The Hall–Kier alpha value is -2.11. The highest BCUT2D eigenvalue weighted by Gasteiger charge is 2.24. The molecule has 2 amide bonds. The van der Waals surface area contributed by atoms with Gasteiger partial charge in [0.25, 0.3) is 0 Å². The van der Waals surface area contributed by atoms with Crippen LogP contribution in [0.4, 0.5) is 14.9 Å². The third-order valence-electron chi connectivity index (χ3n) is 3.03. The number of carbonyl (C=O) groups is 2. The number of fused-ring (bicyclic) bond motifs is 1. The minimum absolute atomic E-state index is 0.0298. The van der Waals surface area contributed by atoms with Crippen LogP contribution >= 0.6 is 0 Å².